The van der Waals surface area contributed by atoms with E-state index in [9.17, 15) is 9.59 Å². The van der Waals surface area contributed by atoms with Gasteiger partial charge in [-0.1, -0.05) is 0 Å². The minimum absolute atomic E-state index is 0. The van der Waals surface area contributed by atoms with Crippen molar-refractivity contribution in [3.63, 3.8) is 0 Å². The summed E-state index contributed by atoms with van der Waals surface area (Å²) in [5, 5.41) is 0. The zero-order valence-electron chi connectivity index (χ0n) is 11.3. The maximum atomic E-state index is 11.1. The molecule has 0 aliphatic heterocycles. The third-order valence-corrected chi connectivity index (χ3v) is 1.75. The number of carbonyl (C=O) groups excluding carboxylic acids is 2. The summed E-state index contributed by atoms with van der Waals surface area (Å²) in [5.41, 5.74) is 0. The number of hydrogen-bond acceptors (Lipinski definition) is 4. The number of carbonyl (C=O) groups is 2. The van der Waals surface area contributed by atoms with Gasteiger partial charge in [-0.05, 0) is 40.5 Å². The van der Waals surface area contributed by atoms with Crippen molar-refractivity contribution in [3.05, 3.63) is 0 Å². The maximum absolute atomic E-state index is 11.1. The molecule has 0 aliphatic rings. The molecule has 0 aromatic carbocycles. The van der Waals surface area contributed by atoms with Crippen LogP contribution in [0.4, 0.5) is 0 Å². The SMILES string of the molecule is CC(C)OC(=O)CCCCC(=O)OC(C)C.[SnH2]. The van der Waals surface area contributed by atoms with Crippen LogP contribution in [0.15, 0.2) is 0 Å². The van der Waals surface area contributed by atoms with Crippen molar-refractivity contribution < 1.29 is 19.1 Å². The summed E-state index contributed by atoms with van der Waals surface area (Å²) in [5.74, 6) is -0.403. The van der Waals surface area contributed by atoms with E-state index in [1.165, 1.54) is 0 Å². The number of ether oxygens (including phenoxy) is 2. The van der Waals surface area contributed by atoms with Crippen LogP contribution < -0.4 is 0 Å². The van der Waals surface area contributed by atoms with Gasteiger partial charge in [0.25, 0.3) is 0 Å². The van der Waals surface area contributed by atoms with Gasteiger partial charge in [0, 0.05) is 12.8 Å². The Labute approximate surface area is 120 Å². The second-order valence-corrected chi connectivity index (χ2v) is 4.28. The van der Waals surface area contributed by atoms with E-state index < -0.39 is 0 Å². The molecule has 0 bridgehead atoms. The first-order valence-electron chi connectivity index (χ1n) is 5.80. The molecule has 17 heavy (non-hydrogen) atoms. The molecule has 0 spiro atoms. The Hall–Kier alpha value is -0.261. The van der Waals surface area contributed by atoms with Crippen molar-refractivity contribution in [1.82, 2.24) is 0 Å². The van der Waals surface area contributed by atoms with Crippen LogP contribution in [0, 0.1) is 0 Å². The third kappa shape index (κ3) is 13.7. The van der Waals surface area contributed by atoms with E-state index in [1.54, 1.807) is 0 Å². The van der Waals surface area contributed by atoms with Crippen molar-refractivity contribution in [2.24, 2.45) is 0 Å². The second kappa shape index (κ2) is 10.9. The molecule has 2 radical (unpaired) electrons. The average Bonchev–Trinajstić information content (AvgIpc) is 2.10. The fraction of sp³-hybridized carbons (Fsp3) is 0.833. The number of hydrogen-bond donors (Lipinski definition) is 0. The van der Waals surface area contributed by atoms with Crippen molar-refractivity contribution in [3.8, 4) is 0 Å². The molecule has 0 aromatic heterocycles. The molecule has 0 aromatic rings. The number of rotatable bonds is 7. The molecule has 100 valence electrons. The molecular formula is C12H24O4Sn. The van der Waals surface area contributed by atoms with Crippen LogP contribution in [0.3, 0.4) is 0 Å². The standard InChI is InChI=1S/C12H22O4.Sn.2H/c1-9(2)15-11(13)7-5-6-8-12(14)16-10(3)4;;;/h9-10H,5-8H2,1-4H3;;;. The Balaban J connectivity index is 0. The van der Waals surface area contributed by atoms with E-state index in [4.69, 9.17) is 9.47 Å². The monoisotopic (exact) mass is 352 g/mol. The van der Waals surface area contributed by atoms with Gasteiger partial charge in [0.15, 0.2) is 0 Å². The van der Waals surface area contributed by atoms with Gasteiger partial charge in [-0.15, -0.1) is 0 Å². The van der Waals surface area contributed by atoms with Gasteiger partial charge in [0.1, 0.15) is 0 Å². The van der Waals surface area contributed by atoms with Gasteiger partial charge >= 0.3 is 35.8 Å². The Morgan fingerprint density at radius 1 is 0.824 bits per heavy atom. The van der Waals surface area contributed by atoms with Gasteiger partial charge in [-0.2, -0.15) is 0 Å². The van der Waals surface area contributed by atoms with Crippen LogP contribution in [0.25, 0.3) is 0 Å². The van der Waals surface area contributed by atoms with E-state index in [0.717, 1.165) is 0 Å². The van der Waals surface area contributed by atoms with E-state index in [1.807, 2.05) is 27.7 Å². The van der Waals surface area contributed by atoms with Gasteiger partial charge in [-0.3, -0.25) is 9.59 Å². The van der Waals surface area contributed by atoms with E-state index >= 15 is 0 Å². The summed E-state index contributed by atoms with van der Waals surface area (Å²) in [6.07, 6.45) is 1.93. The molecule has 0 aliphatic carbocycles. The molecule has 4 nitrogen and oxygen atoms in total. The van der Waals surface area contributed by atoms with Gasteiger partial charge in [0.2, 0.25) is 0 Å². The molecule has 0 saturated carbocycles. The van der Waals surface area contributed by atoms with Gasteiger partial charge in [-0.25, -0.2) is 0 Å². The summed E-state index contributed by atoms with van der Waals surface area (Å²) < 4.78 is 9.93. The normalized spacial score (nSPS) is 10.0. The van der Waals surface area contributed by atoms with Crippen molar-refractivity contribution in [2.45, 2.75) is 65.6 Å². The Bertz CT molecular complexity index is 203. The number of unbranched alkanes of at least 4 members (excludes halogenated alkanes) is 1. The first-order chi connectivity index (χ1) is 7.41. The average molecular weight is 351 g/mol. The van der Waals surface area contributed by atoms with Crippen molar-refractivity contribution >= 4 is 35.8 Å². The molecule has 5 heteroatoms. The zero-order chi connectivity index (χ0) is 12.6. The molecular weight excluding hydrogens is 327 g/mol. The summed E-state index contributed by atoms with van der Waals surface area (Å²) in [7, 11) is 0. The molecule has 0 N–H and O–H groups in total. The third-order valence-electron chi connectivity index (χ3n) is 1.75. The number of esters is 2. The van der Waals surface area contributed by atoms with Crippen LogP contribution in [0.5, 0.6) is 0 Å². The zero-order valence-corrected chi connectivity index (χ0v) is 15.4. The van der Waals surface area contributed by atoms with Gasteiger partial charge in [0.05, 0.1) is 12.2 Å². The minimum atomic E-state index is -0.202. The molecule has 0 fully saturated rings. The van der Waals surface area contributed by atoms with Crippen LogP contribution in [0.1, 0.15) is 53.4 Å². The van der Waals surface area contributed by atoms with E-state index in [0.29, 0.717) is 25.7 Å². The second-order valence-electron chi connectivity index (χ2n) is 4.28. The van der Waals surface area contributed by atoms with Crippen LogP contribution in [0.2, 0.25) is 0 Å². The molecule has 0 rings (SSSR count). The van der Waals surface area contributed by atoms with Crippen LogP contribution in [-0.4, -0.2) is 48.1 Å². The van der Waals surface area contributed by atoms with E-state index in [2.05, 4.69) is 0 Å². The summed E-state index contributed by atoms with van der Waals surface area (Å²) in [4.78, 5) is 22.3. The Kier molecular flexibility index (Phi) is 12.2. The summed E-state index contributed by atoms with van der Waals surface area (Å²) in [6, 6.07) is 0. The van der Waals surface area contributed by atoms with Gasteiger partial charge < -0.3 is 9.47 Å². The fourth-order valence-electron chi connectivity index (χ4n) is 1.18. The fourth-order valence-corrected chi connectivity index (χ4v) is 1.18. The first kappa shape index (κ1) is 19.1. The molecule has 0 amide bonds. The first-order valence-corrected chi connectivity index (χ1v) is 5.80. The van der Waals surface area contributed by atoms with Crippen LogP contribution in [-0.2, 0) is 19.1 Å². The topological polar surface area (TPSA) is 52.6 Å². The molecule has 0 unspecified atom stereocenters. The predicted octanol–water partition coefficient (Wildman–Crippen LogP) is 1.53. The summed E-state index contributed by atoms with van der Waals surface area (Å²) in [6.45, 7) is 7.27. The van der Waals surface area contributed by atoms with E-state index in [-0.39, 0.29) is 48.1 Å². The molecule has 0 heterocycles. The van der Waals surface area contributed by atoms with Crippen molar-refractivity contribution in [2.75, 3.05) is 0 Å². The molecule has 0 atom stereocenters. The summed E-state index contributed by atoms with van der Waals surface area (Å²) >= 11 is 0. The molecule has 0 saturated heterocycles. The quantitative estimate of drug-likeness (QED) is 0.397. The predicted molar refractivity (Wildman–Crippen MR) is 69.5 cm³/mol. The Morgan fingerprint density at radius 3 is 1.35 bits per heavy atom. The van der Waals surface area contributed by atoms with Crippen molar-refractivity contribution in [1.29, 1.82) is 0 Å². The van der Waals surface area contributed by atoms with Crippen LogP contribution >= 0.6 is 0 Å². The Morgan fingerprint density at radius 2 is 1.12 bits per heavy atom.